The van der Waals surface area contributed by atoms with Crippen LogP contribution in [-0.4, -0.2) is 34.0 Å². The van der Waals surface area contributed by atoms with Gasteiger partial charge in [0, 0.05) is 24.7 Å². The highest BCUT2D eigenvalue weighted by Gasteiger charge is 2.16. The molecule has 2 aromatic rings. The Balaban J connectivity index is 2.19. The van der Waals surface area contributed by atoms with Crippen LogP contribution in [0.2, 0.25) is 0 Å². The lowest BCUT2D eigenvalue weighted by molar-refractivity contribution is -0.141. The summed E-state index contributed by atoms with van der Waals surface area (Å²) in [7, 11) is 0. The van der Waals surface area contributed by atoms with Gasteiger partial charge in [-0.3, -0.25) is 14.7 Å². The Morgan fingerprint density at radius 3 is 2.80 bits per heavy atom. The van der Waals surface area contributed by atoms with Crippen molar-refractivity contribution in [3.05, 3.63) is 42.1 Å². The van der Waals surface area contributed by atoms with Crippen molar-refractivity contribution in [1.82, 2.24) is 9.88 Å². The minimum atomic E-state index is -0.747. The van der Waals surface area contributed by atoms with Crippen molar-refractivity contribution in [2.45, 2.75) is 20.4 Å². The Kier molecular flexibility index (Phi) is 4.69. The average Bonchev–Trinajstić information content (AvgIpc) is 2.46. The van der Waals surface area contributed by atoms with Crippen LogP contribution in [0, 0.1) is 5.92 Å². The molecular formula is C16H20N2O2. The highest BCUT2D eigenvalue weighted by molar-refractivity contribution is 5.81. The van der Waals surface area contributed by atoms with E-state index in [0.717, 1.165) is 24.0 Å². The van der Waals surface area contributed by atoms with Gasteiger partial charge in [-0.1, -0.05) is 32.0 Å². The van der Waals surface area contributed by atoms with Gasteiger partial charge in [-0.15, -0.1) is 0 Å². The highest BCUT2D eigenvalue weighted by atomic mass is 16.4. The van der Waals surface area contributed by atoms with Crippen LogP contribution in [0.15, 0.2) is 36.5 Å². The number of fused-ring (bicyclic) bond motifs is 1. The summed E-state index contributed by atoms with van der Waals surface area (Å²) in [5.41, 5.74) is 2.17. The molecule has 20 heavy (non-hydrogen) atoms. The SMILES string of the molecule is CCN(Cc1ccnc2ccccc12)CC(C)C(=O)O. The van der Waals surface area contributed by atoms with Crippen LogP contribution in [0.4, 0.5) is 0 Å². The summed E-state index contributed by atoms with van der Waals surface area (Å²) < 4.78 is 0. The van der Waals surface area contributed by atoms with Gasteiger partial charge < -0.3 is 5.11 Å². The normalized spacial score (nSPS) is 12.8. The van der Waals surface area contributed by atoms with Crippen LogP contribution in [0.1, 0.15) is 19.4 Å². The molecule has 0 amide bonds. The van der Waals surface area contributed by atoms with Crippen molar-refractivity contribution < 1.29 is 9.90 Å². The molecular weight excluding hydrogens is 252 g/mol. The molecule has 0 fully saturated rings. The maximum Gasteiger partial charge on any atom is 0.307 e. The van der Waals surface area contributed by atoms with Crippen molar-refractivity contribution in [3.63, 3.8) is 0 Å². The van der Waals surface area contributed by atoms with E-state index in [1.165, 1.54) is 5.56 Å². The summed E-state index contributed by atoms with van der Waals surface area (Å²) in [5.74, 6) is -1.11. The van der Waals surface area contributed by atoms with Gasteiger partial charge in [0.2, 0.25) is 0 Å². The lowest BCUT2D eigenvalue weighted by Gasteiger charge is -2.23. The Morgan fingerprint density at radius 1 is 1.35 bits per heavy atom. The fourth-order valence-corrected chi connectivity index (χ4v) is 2.30. The van der Waals surface area contributed by atoms with E-state index in [2.05, 4.69) is 22.9 Å². The molecule has 1 heterocycles. The summed E-state index contributed by atoms with van der Waals surface area (Å²) in [4.78, 5) is 17.5. The molecule has 2 rings (SSSR count). The zero-order valence-electron chi connectivity index (χ0n) is 11.9. The first-order valence-corrected chi connectivity index (χ1v) is 6.89. The number of aliphatic carboxylic acids is 1. The van der Waals surface area contributed by atoms with Crippen LogP contribution in [-0.2, 0) is 11.3 Å². The third kappa shape index (κ3) is 3.33. The van der Waals surface area contributed by atoms with Gasteiger partial charge in [-0.05, 0) is 24.2 Å². The second kappa shape index (κ2) is 6.48. The van der Waals surface area contributed by atoms with Crippen LogP contribution < -0.4 is 0 Å². The molecule has 1 aromatic carbocycles. The van der Waals surface area contributed by atoms with Crippen LogP contribution >= 0.6 is 0 Å². The van der Waals surface area contributed by atoms with Crippen molar-refractivity contribution in [2.75, 3.05) is 13.1 Å². The average molecular weight is 272 g/mol. The number of benzene rings is 1. The van der Waals surface area contributed by atoms with Gasteiger partial charge in [0.1, 0.15) is 0 Å². The molecule has 0 aliphatic carbocycles. The number of carboxylic acid groups (broad SMARTS) is 1. The van der Waals surface area contributed by atoms with E-state index in [0.29, 0.717) is 6.54 Å². The summed E-state index contributed by atoms with van der Waals surface area (Å²) in [6.45, 7) is 5.93. The van der Waals surface area contributed by atoms with Crippen molar-refractivity contribution in [3.8, 4) is 0 Å². The molecule has 4 nitrogen and oxygen atoms in total. The minimum absolute atomic E-state index is 0.358. The molecule has 0 bridgehead atoms. The van der Waals surface area contributed by atoms with E-state index in [1.807, 2.05) is 30.5 Å². The number of aromatic nitrogens is 1. The molecule has 0 aliphatic rings. The number of carboxylic acids is 1. The molecule has 0 spiro atoms. The second-order valence-electron chi connectivity index (χ2n) is 5.05. The van der Waals surface area contributed by atoms with E-state index in [-0.39, 0.29) is 5.92 Å². The fourth-order valence-electron chi connectivity index (χ4n) is 2.30. The largest absolute Gasteiger partial charge is 0.481 e. The van der Waals surface area contributed by atoms with Crippen molar-refractivity contribution in [2.24, 2.45) is 5.92 Å². The Hall–Kier alpha value is -1.94. The molecule has 1 atom stereocenters. The first kappa shape index (κ1) is 14.5. The van der Waals surface area contributed by atoms with Gasteiger partial charge in [0.05, 0.1) is 11.4 Å². The zero-order valence-corrected chi connectivity index (χ0v) is 11.9. The molecule has 106 valence electrons. The number of hydrogen-bond acceptors (Lipinski definition) is 3. The Bertz CT molecular complexity index is 593. The number of nitrogens with zero attached hydrogens (tertiary/aromatic N) is 2. The summed E-state index contributed by atoms with van der Waals surface area (Å²) >= 11 is 0. The quantitative estimate of drug-likeness (QED) is 0.878. The maximum absolute atomic E-state index is 11.0. The van der Waals surface area contributed by atoms with Gasteiger partial charge >= 0.3 is 5.97 Å². The third-order valence-electron chi connectivity index (χ3n) is 3.53. The van der Waals surface area contributed by atoms with Gasteiger partial charge in [-0.25, -0.2) is 0 Å². The standard InChI is InChI=1S/C16H20N2O2/c1-3-18(10-12(2)16(19)20)11-13-8-9-17-15-7-5-4-6-14(13)15/h4-9,12H,3,10-11H2,1-2H3,(H,19,20). The summed E-state index contributed by atoms with van der Waals surface area (Å²) in [6, 6.07) is 10.0. The highest BCUT2D eigenvalue weighted by Crippen LogP contribution is 2.18. The van der Waals surface area contributed by atoms with E-state index in [9.17, 15) is 4.79 Å². The molecule has 0 saturated heterocycles. The third-order valence-corrected chi connectivity index (χ3v) is 3.53. The Labute approximate surface area is 119 Å². The zero-order chi connectivity index (χ0) is 14.5. The minimum Gasteiger partial charge on any atom is -0.481 e. The number of carbonyl (C=O) groups is 1. The van der Waals surface area contributed by atoms with Crippen LogP contribution in [0.3, 0.4) is 0 Å². The smallest absolute Gasteiger partial charge is 0.307 e. The molecule has 1 unspecified atom stereocenters. The predicted octanol–water partition coefficient (Wildman–Crippen LogP) is 2.78. The summed E-state index contributed by atoms with van der Waals surface area (Å²) in [5, 5.41) is 10.2. The van der Waals surface area contributed by atoms with E-state index in [1.54, 1.807) is 6.92 Å². The predicted molar refractivity (Wildman–Crippen MR) is 79.5 cm³/mol. The molecule has 0 saturated carbocycles. The summed E-state index contributed by atoms with van der Waals surface area (Å²) in [6.07, 6.45) is 1.81. The van der Waals surface area contributed by atoms with Crippen LogP contribution in [0.25, 0.3) is 10.9 Å². The van der Waals surface area contributed by atoms with Gasteiger partial charge in [0.15, 0.2) is 0 Å². The van der Waals surface area contributed by atoms with E-state index in [4.69, 9.17) is 5.11 Å². The van der Waals surface area contributed by atoms with Crippen molar-refractivity contribution in [1.29, 1.82) is 0 Å². The van der Waals surface area contributed by atoms with Gasteiger partial charge in [-0.2, -0.15) is 0 Å². The van der Waals surface area contributed by atoms with Crippen molar-refractivity contribution >= 4 is 16.9 Å². The number of hydrogen-bond donors (Lipinski definition) is 1. The Morgan fingerprint density at radius 2 is 2.10 bits per heavy atom. The van der Waals surface area contributed by atoms with E-state index < -0.39 is 5.97 Å². The monoisotopic (exact) mass is 272 g/mol. The van der Waals surface area contributed by atoms with Crippen LogP contribution in [0.5, 0.6) is 0 Å². The number of rotatable bonds is 6. The molecule has 1 N–H and O–H groups in total. The lowest BCUT2D eigenvalue weighted by atomic mass is 10.1. The fraction of sp³-hybridized carbons (Fsp3) is 0.375. The van der Waals surface area contributed by atoms with Gasteiger partial charge in [0.25, 0.3) is 0 Å². The first-order valence-electron chi connectivity index (χ1n) is 6.89. The molecule has 4 heteroatoms. The first-order chi connectivity index (χ1) is 9.61. The molecule has 0 radical (unpaired) electrons. The lowest BCUT2D eigenvalue weighted by Crippen LogP contribution is -2.31. The topological polar surface area (TPSA) is 53.4 Å². The maximum atomic E-state index is 11.0. The number of pyridine rings is 1. The van der Waals surface area contributed by atoms with E-state index >= 15 is 0 Å². The molecule has 0 aliphatic heterocycles. The number of para-hydroxylation sites is 1. The molecule has 1 aromatic heterocycles. The second-order valence-corrected chi connectivity index (χ2v) is 5.05.